The standard InChI is InChI=1S/C24H22F2N8O2/c1-13-22(32(2)31-23(13)28)19-8-21(18(26)10-29-19)36-17-11-33(12-17)24(35)34-20(3-4-30-34)15-5-14(9-27)6-16(25)7-15/h4-8,10,17,20H,3,11-12H2,1-2H3,(H2,28,31). The Morgan fingerprint density at radius 3 is 2.72 bits per heavy atom. The first-order valence-electron chi connectivity index (χ1n) is 11.2. The molecule has 3 aromatic rings. The number of carbonyl (C=O) groups excluding carboxylic acids is 1. The summed E-state index contributed by atoms with van der Waals surface area (Å²) in [6.45, 7) is 2.25. The minimum atomic E-state index is -0.625. The van der Waals surface area contributed by atoms with E-state index in [2.05, 4.69) is 15.2 Å². The fourth-order valence-electron chi connectivity index (χ4n) is 4.39. The lowest BCUT2D eigenvalue weighted by atomic mass is 10.0. The molecule has 184 valence electrons. The van der Waals surface area contributed by atoms with Crippen molar-refractivity contribution in [3.8, 4) is 23.2 Å². The number of aromatic nitrogens is 3. The molecule has 0 radical (unpaired) electrons. The Morgan fingerprint density at radius 1 is 1.25 bits per heavy atom. The number of anilines is 1. The predicted molar refractivity (Wildman–Crippen MR) is 126 cm³/mol. The molecule has 2 N–H and O–H groups in total. The Bertz CT molecular complexity index is 1420. The number of nitrogen functional groups attached to an aromatic ring is 1. The van der Waals surface area contributed by atoms with E-state index in [9.17, 15) is 13.6 Å². The Kier molecular flexibility index (Phi) is 5.75. The van der Waals surface area contributed by atoms with E-state index < -0.39 is 23.8 Å². The van der Waals surface area contributed by atoms with Crippen LogP contribution >= 0.6 is 0 Å². The molecule has 0 bridgehead atoms. The molecule has 1 saturated heterocycles. The van der Waals surface area contributed by atoms with Crippen molar-refractivity contribution in [1.29, 1.82) is 5.26 Å². The van der Waals surface area contributed by atoms with E-state index in [-0.39, 0.29) is 30.4 Å². The van der Waals surface area contributed by atoms with E-state index in [1.54, 1.807) is 30.9 Å². The maximum absolute atomic E-state index is 14.5. The molecular weight excluding hydrogens is 470 g/mol. The lowest BCUT2D eigenvalue weighted by Gasteiger charge is -2.41. The smallest absolute Gasteiger partial charge is 0.341 e. The van der Waals surface area contributed by atoms with Gasteiger partial charge in [-0.25, -0.2) is 18.6 Å². The minimum Gasteiger partial charge on any atom is -0.483 e. The Morgan fingerprint density at radius 2 is 2.03 bits per heavy atom. The third-order valence-corrected chi connectivity index (χ3v) is 6.26. The van der Waals surface area contributed by atoms with Gasteiger partial charge in [0.05, 0.1) is 48.3 Å². The van der Waals surface area contributed by atoms with E-state index in [1.807, 2.05) is 6.07 Å². The lowest BCUT2D eigenvalue weighted by Crippen LogP contribution is -2.58. The Labute approximate surface area is 205 Å². The van der Waals surface area contributed by atoms with Crippen LogP contribution in [0.5, 0.6) is 5.75 Å². The van der Waals surface area contributed by atoms with Gasteiger partial charge in [-0.15, -0.1) is 0 Å². The molecule has 0 saturated carbocycles. The first-order valence-corrected chi connectivity index (χ1v) is 11.2. The summed E-state index contributed by atoms with van der Waals surface area (Å²) in [5.41, 5.74) is 8.37. The molecule has 10 nitrogen and oxygen atoms in total. The van der Waals surface area contributed by atoms with Crippen molar-refractivity contribution in [3.63, 3.8) is 0 Å². The number of rotatable bonds is 4. The summed E-state index contributed by atoms with van der Waals surface area (Å²) >= 11 is 0. The van der Waals surface area contributed by atoms with E-state index in [0.717, 1.165) is 17.8 Å². The number of hydrogen-bond donors (Lipinski definition) is 1. The zero-order valence-corrected chi connectivity index (χ0v) is 19.5. The molecule has 5 rings (SSSR count). The first kappa shape index (κ1) is 23.2. The Balaban J connectivity index is 1.26. The van der Waals surface area contributed by atoms with Gasteiger partial charge in [0.2, 0.25) is 0 Å². The average molecular weight is 492 g/mol. The van der Waals surface area contributed by atoms with E-state index in [0.29, 0.717) is 29.2 Å². The highest BCUT2D eigenvalue weighted by Gasteiger charge is 2.39. The van der Waals surface area contributed by atoms with Gasteiger partial charge in [-0.3, -0.25) is 9.67 Å². The van der Waals surface area contributed by atoms with Crippen LogP contribution in [0.1, 0.15) is 29.2 Å². The number of urea groups is 1. The number of nitrogens with two attached hydrogens (primary N) is 1. The molecule has 2 aromatic heterocycles. The number of likely N-dealkylation sites (tertiary alicyclic amines) is 1. The molecule has 36 heavy (non-hydrogen) atoms. The number of pyridine rings is 1. The quantitative estimate of drug-likeness (QED) is 0.596. The molecule has 2 aliphatic heterocycles. The highest BCUT2D eigenvalue weighted by Crippen LogP contribution is 2.33. The summed E-state index contributed by atoms with van der Waals surface area (Å²) in [6, 6.07) is 6.48. The number of nitrogens with zero attached hydrogens (tertiary/aromatic N) is 7. The SMILES string of the molecule is Cc1c(N)nn(C)c1-c1cc(OC2CN(C(=O)N3N=CCC3c3cc(F)cc(C#N)c3)C2)c(F)cn1. The maximum atomic E-state index is 14.5. The number of aryl methyl sites for hydroxylation is 1. The van der Waals surface area contributed by atoms with Crippen molar-refractivity contribution in [1.82, 2.24) is 24.7 Å². The number of carbonyl (C=O) groups is 1. The van der Waals surface area contributed by atoms with Crippen LogP contribution in [-0.4, -0.2) is 56.1 Å². The predicted octanol–water partition coefficient (Wildman–Crippen LogP) is 3.14. The topological polar surface area (TPSA) is 126 Å². The Hall–Kier alpha value is -4.53. The van der Waals surface area contributed by atoms with E-state index in [1.165, 1.54) is 22.0 Å². The number of ether oxygens (including phenoxy) is 1. The average Bonchev–Trinajstić information content (AvgIpc) is 3.41. The van der Waals surface area contributed by atoms with Gasteiger partial charge >= 0.3 is 6.03 Å². The molecule has 12 heteroatoms. The zero-order chi connectivity index (χ0) is 25.6. The van der Waals surface area contributed by atoms with Crippen molar-refractivity contribution in [2.24, 2.45) is 12.1 Å². The highest BCUT2D eigenvalue weighted by atomic mass is 19.1. The van der Waals surface area contributed by atoms with Crippen LogP contribution in [-0.2, 0) is 7.05 Å². The van der Waals surface area contributed by atoms with Gasteiger partial charge < -0.3 is 15.4 Å². The third-order valence-electron chi connectivity index (χ3n) is 6.26. The second kappa shape index (κ2) is 8.92. The van der Waals surface area contributed by atoms with Crippen molar-refractivity contribution >= 4 is 18.1 Å². The van der Waals surface area contributed by atoms with Gasteiger partial charge in [-0.2, -0.15) is 15.5 Å². The van der Waals surface area contributed by atoms with Gasteiger partial charge in [0.25, 0.3) is 0 Å². The van der Waals surface area contributed by atoms with Crippen molar-refractivity contribution in [3.05, 3.63) is 58.8 Å². The van der Waals surface area contributed by atoms with Gasteiger partial charge in [0.1, 0.15) is 17.7 Å². The van der Waals surface area contributed by atoms with Crippen molar-refractivity contribution < 1.29 is 18.3 Å². The number of amides is 2. The molecule has 0 spiro atoms. The fraction of sp³-hybridized carbons (Fsp3) is 0.292. The third kappa shape index (κ3) is 4.08. The first-order chi connectivity index (χ1) is 17.2. The summed E-state index contributed by atoms with van der Waals surface area (Å²) in [7, 11) is 1.72. The monoisotopic (exact) mass is 492 g/mol. The minimum absolute atomic E-state index is 0.0112. The molecule has 2 amide bonds. The molecule has 0 aliphatic carbocycles. The second-order valence-electron chi connectivity index (χ2n) is 8.69. The summed E-state index contributed by atoms with van der Waals surface area (Å²) in [5.74, 6) is -0.806. The largest absolute Gasteiger partial charge is 0.483 e. The van der Waals surface area contributed by atoms with Crippen LogP contribution in [0.25, 0.3) is 11.4 Å². The molecule has 2 aliphatic rings. The van der Waals surface area contributed by atoms with Crippen LogP contribution in [0.15, 0.2) is 35.6 Å². The number of benzene rings is 1. The van der Waals surface area contributed by atoms with Gasteiger partial charge in [-0.1, -0.05) is 0 Å². The molecule has 1 unspecified atom stereocenters. The van der Waals surface area contributed by atoms with Crippen LogP contribution < -0.4 is 10.5 Å². The van der Waals surface area contributed by atoms with Gasteiger partial charge in [-0.05, 0) is 30.7 Å². The lowest BCUT2D eigenvalue weighted by molar-refractivity contribution is 0.0257. The molecule has 1 atom stereocenters. The van der Waals surface area contributed by atoms with Crippen LogP contribution in [0.4, 0.5) is 19.4 Å². The van der Waals surface area contributed by atoms with Crippen LogP contribution in [0.2, 0.25) is 0 Å². The summed E-state index contributed by atoms with van der Waals surface area (Å²) in [4.78, 5) is 18.7. The summed E-state index contributed by atoms with van der Waals surface area (Å²) in [5, 5.41) is 18.7. The van der Waals surface area contributed by atoms with E-state index >= 15 is 0 Å². The summed E-state index contributed by atoms with van der Waals surface area (Å²) < 4.78 is 35.8. The number of nitriles is 1. The number of halogens is 2. The van der Waals surface area contributed by atoms with Gasteiger partial charge in [0, 0.05) is 31.3 Å². The fourth-order valence-corrected chi connectivity index (χ4v) is 4.39. The summed E-state index contributed by atoms with van der Waals surface area (Å²) in [6.07, 6.45) is 2.62. The van der Waals surface area contributed by atoms with Crippen LogP contribution in [0.3, 0.4) is 0 Å². The van der Waals surface area contributed by atoms with Crippen molar-refractivity contribution in [2.75, 3.05) is 18.8 Å². The van der Waals surface area contributed by atoms with Crippen LogP contribution in [0, 0.1) is 29.9 Å². The zero-order valence-electron chi connectivity index (χ0n) is 19.5. The van der Waals surface area contributed by atoms with Crippen molar-refractivity contribution in [2.45, 2.75) is 25.5 Å². The molecular formula is C24H22F2N8O2. The second-order valence-corrected chi connectivity index (χ2v) is 8.69. The van der Waals surface area contributed by atoms with E-state index in [4.69, 9.17) is 15.7 Å². The maximum Gasteiger partial charge on any atom is 0.341 e. The molecule has 1 aromatic carbocycles. The molecule has 4 heterocycles. The molecule has 1 fully saturated rings. The highest BCUT2D eigenvalue weighted by molar-refractivity contribution is 5.79. The normalized spacial score (nSPS) is 17.2. The number of hydrogen-bond acceptors (Lipinski definition) is 7. The van der Waals surface area contributed by atoms with Gasteiger partial charge in [0.15, 0.2) is 11.6 Å². The number of hydrazone groups is 1.